The number of fused-ring (bicyclic) bond motifs is 1. The van der Waals surface area contributed by atoms with Gasteiger partial charge in [-0.1, -0.05) is 5.16 Å². The van der Waals surface area contributed by atoms with Crippen LogP contribution in [0.25, 0.3) is 0 Å². The van der Waals surface area contributed by atoms with E-state index in [9.17, 15) is 5.11 Å². The molecular weight excluding hydrogens is 312 g/mol. The van der Waals surface area contributed by atoms with Crippen LogP contribution in [0.5, 0.6) is 0 Å². The van der Waals surface area contributed by atoms with E-state index in [1.54, 1.807) is 7.11 Å². The van der Waals surface area contributed by atoms with Gasteiger partial charge in [0.15, 0.2) is 5.82 Å². The monoisotopic (exact) mass is 336 g/mol. The Bertz CT molecular complexity index is 668. The molecule has 0 amide bonds. The molecule has 0 unspecified atom stereocenters. The van der Waals surface area contributed by atoms with Gasteiger partial charge in [0.1, 0.15) is 12.7 Å². The van der Waals surface area contributed by atoms with Crippen LogP contribution in [-0.4, -0.2) is 69.1 Å². The molecule has 3 heterocycles. The normalized spacial score (nSPS) is 16.5. The Balaban J connectivity index is 1.62. The van der Waals surface area contributed by atoms with Crippen molar-refractivity contribution in [1.82, 2.24) is 29.7 Å². The molecule has 9 heteroatoms. The molecule has 1 N–H and O–H groups in total. The van der Waals surface area contributed by atoms with Gasteiger partial charge in [0.05, 0.1) is 24.5 Å². The van der Waals surface area contributed by atoms with Gasteiger partial charge in [0.2, 0.25) is 0 Å². The second kappa shape index (κ2) is 7.39. The molecule has 0 bridgehead atoms. The van der Waals surface area contributed by atoms with Crippen molar-refractivity contribution in [3.8, 4) is 0 Å². The Morgan fingerprint density at radius 1 is 1.42 bits per heavy atom. The molecule has 0 aromatic carbocycles. The van der Waals surface area contributed by atoms with Crippen LogP contribution < -0.4 is 0 Å². The van der Waals surface area contributed by atoms with Gasteiger partial charge in [-0.15, -0.1) is 0 Å². The molecule has 0 aliphatic carbocycles. The van der Waals surface area contributed by atoms with Gasteiger partial charge in [0.25, 0.3) is 5.89 Å². The number of methoxy groups -OCH3 is 1. The maximum atomic E-state index is 10.2. The number of ether oxygens (including phenoxy) is 1. The highest BCUT2D eigenvalue weighted by Crippen LogP contribution is 2.19. The van der Waals surface area contributed by atoms with Crippen LogP contribution in [0, 0.1) is 0 Å². The average Bonchev–Trinajstić information content (AvgIpc) is 3.13. The molecule has 0 saturated carbocycles. The van der Waals surface area contributed by atoms with E-state index in [0.29, 0.717) is 31.4 Å². The lowest BCUT2D eigenvalue weighted by atomic mass is 10.2. The molecule has 0 radical (unpaired) electrons. The summed E-state index contributed by atoms with van der Waals surface area (Å²) in [5, 5.41) is 18.7. The maximum Gasteiger partial charge on any atom is 0.252 e. The smallest absolute Gasteiger partial charge is 0.252 e. The van der Waals surface area contributed by atoms with Crippen LogP contribution in [0.1, 0.15) is 29.2 Å². The first kappa shape index (κ1) is 17.0. The van der Waals surface area contributed by atoms with Gasteiger partial charge >= 0.3 is 0 Å². The van der Waals surface area contributed by atoms with Crippen molar-refractivity contribution in [3.05, 3.63) is 29.2 Å². The zero-order chi connectivity index (χ0) is 17.1. The second-order valence-electron chi connectivity index (χ2n) is 6.31. The predicted molar refractivity (Wildman–Crippen MR) is 84.9 cm³/mol. The Kier molecular flexibility index (Phi) is 5.24. The van der Waals surface area contributed by atoms with E-state index in [0.717, 1.165) is 31.0 Å². The highest BCUT2D eigenvalue weighted by atomic mass is 16.5. The summed E-state index contributed by atoms with van der Waals surface area (Å²) >= 11 is 0. The molecule has 2 aromatic heterocycles. The third-order valence-corrected chi connectivity index (χ3v) is 3.92. The quantitative estimate of drug-likeness (QED) is 0.757. The second-order valence-corrected chi connectivity index (χ2v) is 6.31. The molecule has 1 atom stereocenters. The summed E-state index contributed by atoms with van der Waals surface area (Å²) in [4.78, 5) is 8.49. The summed E-state index contributed by atoms with van der Waals surface area (Å²) in [5.74, 6) is 1.14. The number of nitrogens with zero attached hydrogens (tertiary/aromatic N) is 6. The van der Waals surface area contributed by atoms with E-state index in [1.165, 1.54) is 0 Å². The molecule has 1 aliphatic heterocycles. The Hall–Kier alpha value is -1.81. The van der Waals surface area contributed by atoms with Gasteiger partial charge in [-0.2, -0.15) is 10.1 Å². The lowest BCUT2D eigenvalue weighted by Gasteiger charge is -2.26. The molecule has 24 heavy (non-hydrogen) atoms. The Morgan fingerprint density at radius 2 is 2.25 bits per heavy atom. The van der Waals surface area contributed by atoms with Crippen LogP contribution in [0.15, 0.2) is 10.6 Å². The van der Waals surface area contributed by atoms with Crippen molar-refractivity contribution >= 4 is 0 Å². The van der Waals surface area contributed by atoms with E-state index >= 15 is 0 Å². The molecule has 132 valence electrons. The van der Waals surface area contributed by atoms with Crippen molar-refractivity contribution in [2.45, 2.75) is 32.3 Å². The average molecular weight is 336 g/mol. The van der Waals surface area contributed by atoms with Crippen LogP contribution in [0.4, 0.5) is 0 Å². The number of aromatic nitrogens is 4. The fourth-order valence-electron chi connectivity index (χ4n) is 2.82. The first-order valence-corrected chi connectivity index (χ1v) is 7.97. The van der Waals surface area contributed by atoms with Crippen molar-refractivity contribution < 1.29 is 14.4 Å². The van der Waals surface area contributed by atoms with E-state index in [4.69, 9.17) is 9.26 Å². The highest BCUT2D eigenvalue weighted by molar-refractivity contribution is 5.14. The first-order chi connectivity index (χ1) is 11.5. The number of likely N-dealkylation sites (N-methyl/N-ethyl adjacent to an activating group) is 1. The van der Waals surface area contributed by atoms with Gasteiger partial charge in [0, 0.05) is 26.7 Å². The minimum Gasteiger partial charge on any atom is -0.385 e. The molecule has 0 saturated heterocycles. The van der Waals surface area contributed by atoms with Crippen LogP contribution >= 0.6 is 0 Å². The van der Waals surface area contributed by atoms with Crippen molar-refractivity contribution in [2.24, 2.45) is 0 Å². The molecule has 0 fully saturated rings. The summed E-state index contributed by atoms with van der Waals surface area (Å²) in [6.45, 7) is 3.89. The molecular formula is C15H24N6O3. The largest absolute Gasteiger partial charge is 0.385 e. The number of aliphatic hydroxyl groups is 1. The fraction of sp³-hybridized carbons (Fsp3) is 0.667. The van der Waals surface area contributed by atoms with E-state index in [-0.39, 0.29) is 0 Å². The summed E-state index contributed by atoms with van der Waals surface area (Å²) < 4.78 is 12.1. The summed E-state index contributed by atoms with van der Waals surface area (Å²) in [7, 11) is 5.46. The zero-order valence-corrected chi connectivity index (χ0v) is 14.3. The fourth-order valence-corrected chi connectivity index (χ4v) is 2.82. The van der Waals surface area contributed by atoms with Gasteiger partial charge in [-0.3, -0.25) is 9.58 Å². The van der Waals surface area contributed by atoms with Crippen molar-refractivity contribution in [1.29, 1.82) is 0 Å². The molecule has 9 nitrogen and oxygen atoms in total. The first-order valence-electron chi connectivity index (χ1n) is 7.97. The maximum absolute atomic E-state index is 10.2. The van der Waals surface area contributed by atoms with Gasteiger partial charge in [-0.05, 0) is 20.2 Å². The third-order valence-electron chi connectivity index (χ3n) is 3.92. The number of hydrogen-bond donors (Lipinski definition) is 1. The minimum absolute atomic E-state index is 0.326. The number of rotatable bonds is 7. The van der Waals surface area contributed by atoms with Crippen LogP contribution in [0.3, 0.4) is 0 Å². The summed E-state index contributed by atoms with van der Waals surface area (Å²) in [6, 6.07) is 1.98. The molecule has 3 rings (SSSR count). The lowest BCUT2D eigenvalue weighted by Crippen LogP contribution is -2.33. The van der Waals surface area contributed by atoms with Gasteiger partial charge < -0.3 is 19.3 Å². The summed E-state index contributed by atoms with van der Waals surface area (Å²) in [6.07, 6.45) is -0.569. The Morgan fingerprint density at radius 3 is 3.00 bits per heavy atom. The van der Waals surface area contributed by atoms with Crippen LogP contribution in [0.2, 0.25) is 0 Å². The standard InChI is InChI=1S/C15H24N6O3/c1-19(2)8-13(22)12-6-11-7-20(4-5-21(11)17-12)9-14-16-15(10-23-3)24-18-14/h6,13,22H,4-5,7-10H2,1-3H3/t13-/m1/s1. The van der Waals surface area contributed by atoms with E-state index < -0.39 is 6.10 Å². The van der Waals surface area contributed by atoms with E-state index in [2.05, 4.69) is 20.1 Å². The molecule has 0 spiro atoms. The Labute approximate surface area is 140 Å². The highest BCUT2D eigenvalue weighted by Gasteiger charge is 2.22. The third kappa shape index (κ3) is 3.99. The summed E-state index contributed by atoms with van der Waals surface area (Å²) in [5.41, 5.74) is 1.82. The predicted octanol–water partition coefficient (Wildman–Crippen LogP) is 0.0233. The van der Waals surface area contributed by atoms with Gasteiger partial charge in [-0.25, -0.2) is 0 Å². The number of aliphatic hydroxyl groups excluding tert-OH is 1. The lowest BCUT2D eigenvalue weighted by molar-refractivity contribution is 0.133. The molecule has 2 aromatic rings. The molecule has 1 aliphatic rings. The minimum atomic E-state index is -0.569. The van der Waals surface area contributed by atoms with Crippen molar-refractivity contribution in [2.75, 3.05) is 34.3 Å². The van der Waals surface area contributed by atoms with E-state index in [1.807, 2.05) is 29.7 Å². The topological polar surface area (TPSA) is 92.7 Å². The van der Waals surface area contributed by atoms with Crippen molar-refractivity contribution in [3.63, 3.8) is 0 Å². The SMILES string of the molecule is COCc1nc(CN2CCn3nc([C@H](O)CN(C)C)cc3C2)no1. The number of hydrogen-bond acceptors (Lipinski definition) is 8. The zero-order valence-electron chi connectivity index (χ0n) is 14.3. The van der Waals surface area contributed by atoms with Crippen LogP contribution in [-0.2, 0) is 31.0 Å².